The Hall–Kier alpha value is -1.02. The molecule has 2 N–H and O–H groups in total. The summed E-state index contributed by atoms with van der Waals surface area (Å²) in [6, 6.07) is 5.95. The first-order valence-corrected chi connectivity index (χ1v) is 3.77. The number of nitrogen functional groups attached to an aromatic ring is 1. The van der Waals surface area contributed by atoms with Gasteiger partial charge >= 0.3 is 0 Å². The lowest BCUT2D eigenvalue weighted by Gasteiger charge is -2.02. The Balaban J connectivity index is 2.50. The Bertz CT molecular complexity index is 283. The minimum absolute atomic E-state index is 0.241. The van der Waals surface area contributed by atoms with Crippen LogP contribution in [0.15, 0.2) is 18.2 Å². The van der Waals surface area contributed by atoms with Crippen molar-refractivity contribution in [2.45, 2.75) is 19.6 Å². The molecule has 2 rings (SSSR count). The van der Waals surface area contributed by atoms with Gasteiger partial charge in [0.25, 0.3) is 0 Å². The number of rotatable bonds is 0. The summed E-state index contributed by atoms with van der Waals surface area (Å²) >= 11 is 0. The molecule has 1 aromatic carbocycles. The number of benzene rings is 1. The molecule has 0 aliphatic carbocycles. The lowest BCUT2D eigenvalue weighted by molar-refractivity contribution is 0.0796. The summed E-state index contributed by atoms with van der Waals surface area (Å²) < 4.78 is 5.42. The van der Waals surface area contributed by atoms with Crippen molar-refractivity contribution in [3.05, 3.63) is 29.3 Å². The van der Waals surface area contributed by atoms with Gasteiger partial charge in [-0.2, -0.15) is 0 Å². The fraction of sp³-hybridized carbons (Fsp3) is 0.333. The zero-order chi connectivity index (χ0) is 7.84. The van der Waals surface area contributed by atoms with E-state index in [2.05, 4.69) is 6.92 Å². The summed E-state index contributed by atoms with van der Waals surface area (Å²) in [5.41, 5.74) is 8.95. The minimum atomic E-state index is 0.241. The third-order valence-corrected chi connectivity index (χ3v) is 2.09. The van der Waals surface area contributed by atoms with Gasteiger partial charge in [0.2, 0.25) is 0 Å². The number of ether oxygens (including phenoxy) is 1. The van der Waals surface area contributed by atoms with Crippen LogP contribution in [0.25, 0.3) is 0 Å². The Labute approximate surface area is 66.0 Å². The Morgan fingerprint density at radius 3 is 3.18 bits per heavy atom. The first-order chi connectivity index (χ1) is 5.27. The second-order valence-electron chi connectivity index (χ2n) is 2.91. The van der Waals surface area contributed by atoms with Crippen molar-refractivity contribution in [3.63, 3.8) is 0 Å². The molecule has 1 heterocycles. The van der Waals surface area contributed by atoms with Crippen molar-refractivity contribution in [1.29, 1.82) is 0 Å². The first kappa shape index (κ1) is 6.68. The molecule has 1 aromatic rings. The normalized spacial score (nSPS) is 21.7. The average Bonchev–Trinajstić information content (AvgIpc) is 2.32. The molecular weight excluding hydrogens is 138 g/mol. The summed E-state index contributed by atoms with van der Waals surface area (Å²) in [6.07, 6.45) is 0.241. The summed E-state index contributed by atoms with van der Waals surface area (Å²) in [4.78, 5) is 0. The topological polar surface area (TPSA) is 35.2 Å². The largest absolute Gasteiger partial charge is 0.399 e. The monoisotopic (exact) mass is 149 g/mol. The van der Waals surface area contributed by atoms with Crippen LogP contribution in [0, 0.1) is 0 Å². The summed E-state index contributed by atoms with van der Waals surface area (Å²) in [5.74, 6) is 0. The highest BCUT2D eigenvalue weighted by molar-refractivity contribution is 5.46. The highest BCUT2D eigenvalue weighted by atomic mass is 16.5. The van der Waals surface area contributed by atoms with Crippen molar-refractivity contribution >= 4 is 5.69 Å². The molecule has 0 saturated carbocycles. The first-order valence-electron chi connectivity index (χ1n) is 3.77. The molecule has 0 amide bonds. The molecule has 58 valence electrons. The summed E-state index contributed by atoms with van der Waals surface area (Å²) in [5, 5.41) is 0. The molecule has 0 spiro atoms. The lowest BCUT2D eigenvalue weighted by Crippen LogP contribution is -1.89. The molecule has 1 aliphatic rings. The van der Waals surface area contributed by atoms with Crippen LogP contribution in [0.1, 0.15) is 24.2 Å². The van der Waals surface area contributed by atoms with Crippen LogP contribution in [0.2, 0.25) is 0 Å². The lowest BCUT2D eigenvalue weighted by atomic mass is 10.1. The molecule has 11 heavy (non-hydrogen) atoms. The van der Waals surface area contributed by atoms with E-state index in [0.29, 0.717) is 6.61 Å². The number of hydrogen-bond donors (Lipinski definition) is 1. The SMILES string of the molecule is CC1OCc2cc(N)ccc21. The molecule has 0 bridgehead atoms. The van der Waals surface area contributed by atoms with Gasteiger partial charge in [0, 0.05) is 5.69 Å². The van der Waals surface area contributed by atoms with Crippen LogP contribution >= 0.6 is 0 Å². The Morgan fingerprint density at radius 1 is 1.55 bits per heavy atom. The van der Waals surface area contributed by atoms with Crippen molar-refractivity contribution < 1.29 is 4.74 Å². The quantitative estimate of drug-likeness (QED) is 0.571. The van der Waals surface area contributed by atoms with Gasteiger partial charge in [0.1, 0.15) is 0 Å². The predicted molar refractivity (Wildman–Crippen MR) is 44.1 cm³/mol. The highest BCUT2D eigenvalue weighted by Gasteiger charge is 2.18. The van der Waals surface area contributed by atoms with E-state index < -0.39 is 0 Å². The Kier molecular flexibility index (Phi) is 1.36. The maximum Gasteiger partial charge on any atom is 0.0804 e. The van der Waals surface area contributed by atoms with Gasteiger partial charge in [-0.3, -0.25) is 0 Å². The maximum atomic E-state index is 5.62. The van der Waals surface area contributed by atoms with Gasteiger partial charge in [-0.1, -0.05) is 6.07 Å². The van der Waals surface area contributed by atoms with Gasteiger partial charge in [-0.25, -0.2) is 0 Å². The van der Waals surface area contributed by atoms with Crippen LogP contribution in [0.3, 0.4) is 0 Å². The minimum Gasteiger partial charge on any atom is -0.399 e. The van der Waals surface area contributed by atoms with E-state index in [1.807, 2.05) is 18.2 Å². The molecule has 0 saturated heterocycles. The van der Waals surface area contributed by atoms with Gasteiger partial charge in [-0.15, -0.1) is 0 Å². The van der Waals surface area contributed by atoms with E-state index >= 15 is 0 Å². The number of hydrogen-bond acceptors (Lipinski definition) is 2. The standard InChI is InChI=1S/C9H11NO/c1-6-9-3-2-8(10)4-7(9)5-11-6/h2-4,6H,5,10H2,1H3. The molecular formula is C9H11NO. The highest BCUT2D eigenvalue weighted by Crippen LogP contribution is 2.30. The average molecular weight is 149 g/mol. The van der Waals surface area contributed by atoms with Crippen LogP contribution in [0.4, 0.5) is 5.69 Å². The third kappa shape index (κ3) is 0.994. The second-order valence-corrected chi connectivity index (χ2v) is 2.91. The molecule has 0 fully saturated rings. The van der Waals surface area contributed by atoms with Gasteiger partial charge in [0.15, 0.2) is 0 Å². The third-order valence-electron chi connectivity index (χ3n) is 2.09. The Morgan fingerprint density at radius 2 is 2.36 bits per heavy atom. The molecule has 0 aromatic heterocycles. The number of anilines is 1. The van der Waals surface area contributed by atoms with Crippen LogP contribution in [-0.4, -0.2) is 0 Å². The van der Waals surface area contributed by atoms with Crippen LogP contribution in [-0.2, 0) is 11.3 Å². The van der Waals surface area contributed by atoms with Crippen LogP contribution in [0.5, 0.6) is 0 Å². The van der Waals surface area contributed by atoms with Crippen molar-refractivity contribution in [2.24, 2.45) is 0 Å². The summed E-state index contributed by atoms with van der Waals surface area (Å²) in [7, 11) is 0. The molecule has 1 unspecified atom stereocenters. The van der Waals surface area contributed by atoms with Gasteiger partial charge in [-0.05, 0) is 30.2 Å². The van der Waals surface area contributed by atoms with E-state index in [1.165, 1.54) is 11.1 Å². The number of fused-ring (bicyclic) bond motifs is 1. The second kappa shape index (κ2) is 2.24. The van der Waals surface area contributed by atoms with Gasteiger partial charge < -0.3 is 10.5 Å². The van der Waals surface area contributed by atoms with E-state index in [9.17, 15) is 0 Å². The fourth-order valence-corrected chi connectivity index (χ4v) is 1.45. The molecule has 1 atom stereocenters. The molecule has 0 radical (unpaired) electrons. The van der Waals surface area contributed by atoms with Crippen molar-refractivity contribution in [1.82, 2.24) is 0 Å². The van der Waals surface area contributed by atoms with Crippen molar-refractivity contribution in [2.75, 3.05) is 5.73 Å². The zero-order valence-corrected chi connectivity index (χ0v) is 6.50. The zero-order valence-electron chi connectivity index (χ0n) is 6.50. The van der Waals surface area contributed by atoms with E-state index in [4.69, 9.17) is 10.5 Å². The smallest absolute Gasteiger partial charge is 0.0804 e. The van der Waals surface area contributed by atoms with Crippen LogP contribution < -0.4 is 5.73 Å². The molecule has 1 aliphatic heterocycles. The van der Waals surface area contributed by atoms with E-state index in [-0.39, 0.29) is 6.10 Å². The van der Waals surface area contributed by atoms with E-state index in [1.54, 1.807) is 0 Å². The molecule has 2 heteroatoms. The molecule has 2 nitrogen and oxygen atoms in total. The summed E-state index contributed by atoms with van der Waals surface area (Å²) in [6.45, 7) is 2.77. The van der Waals surface area contributed by atoms with Crippen molar-refractivity contribution in [3.8, 4) is 0 Å². The van der Waals surface area contributed by atoms with Gasteiger partial charge in [0.05, 0.1) is 12.7 Å². The predicted octanol–water partition coefficient (Wildman–Crippen LogP) is 1.86. The number of nitrogens with two attached hydrogens (primary N) is 1. The maximum absolute atomic E-state index is 5.62. The fourth-order valence-electron chi connectivity index (χ4n) is 1.45. The van der Waals surface area contributed by atoms with E-state index in [0.717, 1.165) is 5.69 Å².